The molecule has 1 saturated carbocycles. The fourth-order valence-corrected chi connectivity index (χ4v) is 2.23. The highest BCUT2D eigenvalue weighted by Crippen LogP contribution is 2.42. The van der Waals surface area contributed by atoms with Gasteiger partial charge in [0.2, 0.25) is 5.91 Å². The quantitative estimate of drug-likeness (QED) is 0.646. The van der Waals surface area contributed by atoms with Crippen LogP contribution in [0.2, 0.25) is 0 Å². The molecule has 0 aliphatic heterocycles. The van der Waals surface area contributed by atoms with Gasteiger partial charge in [0.1, 0.15) is 11.6 Å². The van der Waals surface area contributed by atoms with Crippen LogP contribution < -0.4 is 10.6 Å². The lowest BCUT2D eigenvalue weighted by atomic mass is 10.1. The Labute approximate surface area is 128 Å². The molecule has 5 nitrogen and oxygen atoms in total. The number of hydrogen-bond donors (Lipinski definition) is 2. The molecule has 1 aromatic carbocycles. The number of nitrogens with zero attached hydrogens (tertiary/aromatic N) is 2. The van der Waals surface area contributed by atoms with Crippen LogP contribution in [0.5, 0.6) is 0 Å². The Bertz CT molecular complexity index is 569. The van der Waals surface area contributed by atoms with Crippen LogP contribution in [0.3, 0.4) is 0 Å². The minimum absolute atomic E-state index is 0.0876. The van der Waals surface area contributed by atoms with E-state index in [9.17, 15) is 13.6 Å². The maximum atomic E-state index is 13.7. The summed E-state index contributed by atoms with van der Waals surface area (Å²) in [6.45, 7) is 0.109. The summed E-state index contributed by atoms with van der Waals surface area (Å²) >= 11 is 0. The van der Waals surface area contributed by atoms with Crippen molar-refractivity contribution in [3.8, 4) is 0 Å². The summed E-state index contributed by atoms with van der Waals surface area (Å²) in [6.07, 6.45) is 0.625. The van der Waals surface area contributed by atoms with Crippen molar-refractivity contribution in [3.05, 3.63) is 35.4 Å². The number of aliphatic imine (C=N–C) groups is 1. The number of guanidine groups is 1. The molecule has 1 aliphatic rings. The van der Waals surface area contributed by atoms with E-state index in [1.54, 1.807) is 21.1 Å². The number of amides is 1. The Morgan fingerprint density at radius 3 is 2.55 bits per heavy atom. The van der Waals surface area contributed by atoms with Crippen molar-refractivity contribution in [2.45, 2.75) is 18.4 Å². The molecule has 0 radical (unpaired) electrons. The fraction of sp³-hybridized carbons (Fsp3) is 0.467. The van der Waals surface area contributed by atoms with Gasteiger partial charge in [0.05, 0.1) is 6.54 Å². The molecule has 0 saturated heterocycles. The summed E-state index contributed by atoms with van der Waals surface area (Å²) in [5.41, 5.74) is 0.111. The summed E-state index contributed by atoms with van der Waals surface area (Å²) in [5.74, 6) is -0.917. The standard InChI is InChI=1S/C15H20F2N4O/c1-18-15(19-8-13(22)21(2)3)20-12-7-9(12)14-10(16)5-4-6-11(14)17/h4-6,9,12H,7-8H2,1-3H3,(H2,18,19,20). The highest BCUT2D eigenvalue weighted by molar-refractivity contribution is 5.86. The van der Waals surface area contributed by atoms with E-state index >= 15 is 0 Å². The number of benzene rings is 1. The molecule has 120 valence electrons. The Morgan fingerprint density at radius 2 is 2.00 bits per heavy atom. The van der Waals surface area contributed by atoms with Gasteiger partial charge in [0.15, 0.2) is 5.96 Å². The normalized spacial score (nSPS) is 20.5. The van der Waals surface area contributed by atoms with Gasteiger partial charge in [-0.1, -0.05) is 6.07 Å². The number of carbonyl (C=O) groups is 1. The number of rotatable bonds is 4. The largest absolute Gasteiger partial charge is 0.353 e. The van der Waals surface area contributed by atoms with Gasteiger partial charge in [0.25, 0.3) is 0 Å². The molecule has 7 heteroatoms. The smallest absolute Gasteiger partial charge is 0.241 e. The average molecular weight is 310 g/mol. The predicted molar refractivity (Wildman–Crippen MR) is 80.7 cm³/mol. The van der Waals surface area contributed by atoms with Crippen LogP contribution in [-0.2, 0) is 4.79 Å². The van der Waals surface area contributed by atoms with E-state index in [-0.39, 0.29) is 30.0 Å². The van der Waals surface area contributed by atoms with Crippen LogP contribution in [0.1, 0.15) is 17.9 Å². The summed E-state index contributed by atoms with van der Waals surface area (Å²) in [4.78, 5) is 17.0. The van der Waals surface area contributed by atoms with Gasteiger partial charge in [-0.25, -0.2) is 8.78 Å². The van der Waals surface area contributed by atoms with Crippen LogP contribution >= 0.6 is 0 Å². The van der Waals surface area contributed by atoms with E-state index in [0.29, 0.717) is 12.4 Å². The monoisotopic (exact) mass is 310 g/mol. The highest BCUT2D eigenvalue weighted by atomic mass is 19.1. The van der Waals surface area contributed by atoms with Gasteiger partial charge in [-0.3, -0.25) is 9.79 Å². The molecule has 1 aliphatic carbocycles. The molecule has 22 heavy (non-hydrogen) atoms. The van der Waals surface area contributed by atoms with E-state index in [4.69, 9.17) is 0 Å². The Morgan fingerprint density at radius 1 is 1.36 bits per heavy atom. The third-order valence-electron chi connectivity index (χ3n) is 3.61. The van der Waals surface area contributed by atoms with Crippen LogP contribution in [0, 0.1) is 11.6 Å². The van der Waals surface area contributed by atoms with Crippen molar-refractivity contribution in [2.24, 2.45) is 4.99 Å². The Hall–Kier alpha value is -2.18. The van der Waals surface area contributed by atoms with Gasteiger partial charge in [-0.05, 0) is 18.6 Å². The second-order valence-corrected chi connectivity index (χ2v) is 5.44. The molecule has 0 spiro atoms. The van der Waals surface area contributed by atoms with Crippen molar-refractivity contribution in [2.75, 3.05) is 27.7 Å². The maximum Gasteiger partial charge on any atom is 0.241 e. The topological polar surface area (TPSA) is 56.7 Å². The van der Waals surface area contributed by atoms with Crippen LogP contribution in [0.15, 0.2) is 23.2 Å². The molecule has 2 N–H and O–H groups in total. The predicted octanol–water partition coefficient (Wildman–Crippen LogP) is 1.07. The number of likely N-dealkylation sites (N-methyl/N-ethyl adjacent to an activating group) is 1. The van der Waals surface area contributed by atoms with E-state index in [1.165, 1.54) is 23.1 Å². The second-order valence-electron chi connectivity index (χ2n) is 5.44. The lowest BCUT2D eigenvalue weighted by molar-refractivity contribution is -0.127. The lowest BCUT2D eigenvalue weighted by Crippen LogP contribution is -2.43. The first-order chi connectivity index (χ1) is 10.4. The molecule has 0 bridgehead atoms. The third-order valence-corrected chi connectivity index (χ3v) is 3.61. The number of carbonyl (C=O) groups excluding carboxylic acids is 1. The van der Waals surface area contributed by atoms with Crippen molar-refractivity contribution in [1.82, 2.24) is 15.5 Å². The van der Waals surface area contributed by atoms with Crippen molar-refractivity contribution < 1.29 is 13.6 Å². The molecule has 2 atom stereocenters. The van der Waals surface area contributed by atoms with E-state index in [0.717, 1.165) is 0 Å². The third kappa shape index (κ3) is 3.72. The van der Waals surface area contributed by atoms with Crippen molar-refractivity contribution in [1.29, 1.82) is 0 Å². The zero-order valence-corrected chi connectivity index (χ0v) is 12.9. The minimum Gasteiger partial charge on any atom is -0.353 e. The zero-order valence-electron chi connectivity index (χ0n) is 12.9. The first-order valence-electron chi connectivity index (χ1n) is 7.05. The highest BCUT2D eigenvalue weighted by Gasteiger charge is 2.42. The molecular formula is C15H20F2N4O. The summed E-state index contributed by atoms with van der Waals surface area (Å²) in [7, 11) is 4.91. The fourth-order valence-electron chi connectivity index (χ4n) is 2.23. The van der Waals surface area contributed by atoms with Crippen LogP contribution in [-0.4, -0.2) is 50.5 Å². The number of halogens is 2. The number of hydrogen-bond acceptors (Lipinski definition) is 2. The van der Waals surface area contributed by atoms with Gasteiger partial charge in [0, 0.05) is 38.7 Å². The Kier molecular flexibility index (Phi) is 4.95. The molecular weight excluding hydrogens is 290 g/mol. The van der Waals surface area contributed by atoms with Crippen molar-refractivity contribution in [3.63, 3.8) is 0 Å². The van der Waals surface area contributed by atoms with Gasteiger partial charge >= 0.3 is 0 Å². The van der Waals surface area contributed by atoms with E-state index < -0.39 is 11.6 Å². The summed E-state index contributed by atoms with van der Waals surface area (Å²) < 4.78 is 27.4. The molecule has 2 unspecified atom stereocenters. The molecule has 1 aromatic rings. The first kappa shape index (κ1) is 16.2. The minimum atomic E-state index is -0.528. The van der Waals surface area contributed by atoms with Crippen LogP contribution in [0.4, 0.5) is 8.78 Å². The first-order valence-corrected chi connectivity index (χ1v) is 7.05. The van der Waals surface area contributed by atoms with Crippen LogP contribution in [0.25, 0.3) is 0 Å². The molecule has 0 heterocycles. The van der Waals surface area contributed by atoms with E-state index in [2.05, 4.69) is 15.6 Å². The summed E-state index contributed by atoms with van der Waals surface area (Å²) in [5, 5.41) is 5.96. The zero-order chi connectivity index (χ0) is 16.3. The van der Waals surface area contributed by atoms with Gasteiger partial charge < -0.3 is 15.5 Å². The lowest BCUT2D eigenvalue weighted by Gasteiger charge is -2.14. The van der Waals surface area contributed by atoms with E-state index in [1.807, 2.05) is 0 Å². The van der Waals surface area contributed by atoms with Gasteiger partial charge in [-0.15, -0.1) is 0 Å². The molecule has 1 amide bonds. The average Bonchev–Trinajstić information content (AvgIpc) is 3.21. The second kappa shape index (κ2) is 6.72. The Balaban J connectivity index is 1.91. The molecule has 2 rings (SSSR count). The van der Waals surface area contributed by atoms with Gasteiger partial charge in [-0.2, -0.15) is 0 Å². The van der Waals surface area contributed by atoms with Crippen molar-refractivity contribution >= 4 is 11.9 Å². The summed E-state index contributed by atoms with van der Waals surface area (Å²) in [6, 6.07) is 3.78. The SMILES string of the molecule is CN=C(NCC(=O)N(C)C)NC1CC1c1c(F)cccc1F. The molecule has 1 fully saturated rings. The molecule has 0 aromatic heterocycles. The number of nitrogens with one attached hydrogen (secondary N) is 2. The maximum absolute atomic E-state index is 13.7.